The van der Waals surface area contributed by atoms with Crippen LogP contribution in [0.15, 0.2) is 54.6 Å². The third kappa shape index (κ3) is 6.62. The van der Waals surface area contributed by atoms with Crippen LogP contribution in [0, 0.1) is 0 Å². The molecular weight excluding hydrogens is 368 g/mol. The Hall–Kier alpha value is -3.00. The molecule has 2 amide bonds. The zero-order chi connectivity index (χ0) is 20.5. The number of likely N-dealkylation sites (N-methyl/N-ethyl adjacent to an activating group) is 1. The molecule has 150 valence electrons. The fourth-order valence-electron chi connectivity index (χ4n) is 2.50. The number of nitrogens with zero attached hydrogens (tertiary/aromatic N) is 1. The fraction of sp³-hybridized carbons (Fsp3) is 0.300. The van der Waals surface area contributed by atoms with Gasteiger partial charge in [-0.05, 0) is 23.3 Å². The molecule has 1 atom stereocenters. The lowest BCUT2D eigenvalue weighted by molar-refractivity contribution is -0.130. The van der Waals surface area contributed by atoms with E-state index >= 15 is 0 Å². The summed E-state index contributed by atoms with van der Waals surface area (Å²) in [6.45, 7) is -2.99. The molecule has 0 aliphatic carbocycles. The summed E-state index contributed by atoms with van der Waals surface area (Å²) >= 11 is 0. The number of carbonyl (C=O) groups excluding carboxylic acids is 2. The van der Waals surface area contributed by atoms with Crippen LogP contribution < -0.4 is 15.4 Å². The first-order valence-corrected chi connectivity index (χ1v) is 8.66. The van der Waals surface area contributed by atoms with Crippen molar-refractivity contribution in [3.05, 3.63) is 65.7 Å². The maximum Gasteiger partial charge on any atom is 0.387 e. The smallest absolute Gasteiger partial charge is 0.387 e. The van der Waals surface area contributed by atoms with Gasteiger partial charge in [0.2, 0.25) is 11.8 Å². The third-order valence-corrected chi connectivity index (χ3v) is 3.97. The van der Waals surface area contributed by atoms with Crippen LogP contribution >= 0.6 is 0 Å². The molecule has 0 fully saturated rings. The molecule has 8 heteroatoms. The highest BCUT2D eigenvalue weighted by molar-refractivity contribution is 5.85. The van der Waals surface area contributed by atoms with Gasteiger partial charge in [-0.2, -0.15) is 8.78 Å². The van der Waals surface area contributed by atoms with Crippen LogP contribution in [0.2, 0.25) is 0 Å². The molecule has 28 heavy (non-hydrogen) atoms. The van der Waals surface area contributed by atoms with Crippen molar-refractivity contribution >= 4 is 11.8 Å². The number of amides is 2. The molecule has 0 saturated heterocycles. The number of alkyl halides is 2. The molecule has 0 heterocycles. The maximum absolute atomic E-state index is 12.3. The molecule has 6 nitrogen and oxygen atoms in total. The van der Waals surface area contributed by atoms with Gasteiger partial charge in [0.15, 0.2) is 0 Å². The first-order valence-electron chi connectivity index (χ1n) is 8.66. The van der Waals surface area contributed by atoms with E-state index in [0.29, 0.717) is 0 Å². The fourth-order valence-corrected chi connectivity index (χ4v) is 2.50. The number of hydrogen-bond acceptors (Lipinski definition) is 4. The zero-order valence-corrected chi connectivity index (χ0v) is 15.7. The van der Waals surface area contributed by atoms with Crippen LogP contribution in [0.5, 0.6) is 5.75 Å². The van der Waals surface area contributed by atoms with Gasteiger partial charge in [-0.3, -0.25) is 14.9 Å². The van der Waals surface area contributed by atoms with Crippen molar-refractivity contribution in [3.63, 3.8) is 0 Å². The first kappa shape index (κ1) is 21.3. The van der Waals surface area contributed by atoms with Gasteiger partial charge in [0.1, 0.15) is 5.75 Å². The van der Waals surface area contributed by atoms with Crippen molar-refractivity contribution < 1.29 is 23.1 Å². The monoisotopic (exact) mass is 391 g/mol. The Morgan fingerprint density at radius 1 is 0.964 bits per heavy atom. The zero-order valence-electron chi connectivity index (χ0n) is 15.7. The SMILES string of the molecule is CN(C)C(=O)CNC(=O)CN[C@@H](c1ccccc1)c1ccc(OC(F)F)cc1. The summed E-state index contributed by atoms with van der Waals surface area (Å²) in [4.78, 5) is 25.0. The number of nitrogens with one attached hydrogen (secondary N) is 2. The van der Waals surface area contributed by atoms with Gasteiger partial charge >= 0.3 is 6.61 Å². The highest BCUT2D eigenvalue weighted by Crippen LogP contribution is 2.24. The summed E-state index contributed by atoms with van der Waals surface area (Å²) in [5, 5.41) is 5.70. The van der Waals surface area contributed by atoms with Crippen LogP contribution in [-0.4, -0.2) is 50.5 Å². The molecule has 0 spiro atoms. The summed E-state index contributed by atoms with van der Waals surface area (Å²) in [5.41, 5.74) is 1.69. The summed E-state index contributed by atoms with van der Waals surface area (Å²) in [6, 6.07) is 15.3. The van der Waals surface area contributed by atoms with E-state index in [1.54, 1.807) is 26.2 Å². The average molecular weight is 391 g/mol. The molecule has 0 saturated carbocycles. The second kappa shape index (κ2) is 10.4. The molecule has 2 N–H and O–H groups in total. The number of rotatable bonds is 9. The Morgan fingerprint density at radius 3 is 2.14 bits per heavy atom. The van der Waals surface area contributed by atoms with E-state index < -0.39 is 6.61 Å². The van der Waals surface area contributed by atoms with Gasteiger partial charge in [-0.1, -0.05) is 42.5 Å². The van der Waals surface area contributed by atoms with Gasteiger partial charge in [0, 0.05) is 14.1 Å². The molecule has 0 aromatic heterocycles. The number of hydrogen-bond donors (Lipinski definition) is 2. The van der Waals surface area contributed by atoms with E-state index in [9.17, 15) is 18.4 Å². The maximum atomic E-state index is 12.3. The van der Waals surface area contributed by atoms with Gasteiger partial charge in [0.25, 0.3) is 0 Å². The number of halogens is 2. The summed E-state index contributed by atoms with van der Waals surface area (Å²) < 4.78 is 29.0. The summed E-state index contributed by atoms with van der Waals surface area (Å²) in [6.07, 6.45) is 0. The van der Waals surface area contributed by atoms with Crippen LogP contribution in [-0.2, 0) is 9.59 Å². The predicted molar refractivity (Wildman–Crippen MR) is 101 cm³/mol. The van der Waals surface area contributed by atoms with Crippen molar-refractivity contribution in [1.82, 2.24) is 15.5 Å². The number of carbonyl (C=O) groups is 2. The van der Waals surface area contributed by atoms with Crippen LogP contribution in [0.4, 0.5) is 8.78 Å². The number of benzene rings is 2. The van der Waals surface area contributed by atoms with Crippen molar-refractivity contribution in [1.29, 1.82) is 0 Å². The Morgan fingerprint density at radius 2 is 1.57 bits per heavy atom. The normalized spacial score (nSPS) is 11.8. The Balaban J connectivity index is 2.06. The third-order valence-electron chi connectivity index (χ3n) is 3.97. The van der Waals surface area contributed by atoms with Gasteiger partial charge in [-0.15, -0.1) is 0 Å². The van der Waals surface area contributed by atoms with Gasteiger partial charge < -0.3 is 15.0 Å². The van der Waals surface area contributed by atoms with E-state index in [2.05, 4.69) is 15.4 Å². The van der Waals surface area contributed by atoms with Gasteiger partial charge in [0.05, 0.1) is 19.1 Å². The number of ether oxygens (including phenoxy) is 1. The minimum atomic E-state index is -2.89. The lowest BCUT2D eigenvalue weighted by atomic mass is 9.98. The Bertz CT molecular complexity index is 768. The molecule has 0 aliphatic rings. The topological polar surface area (TPSA) is 70.7 Å². The molecule has 2 aromatic carbocycles. The molecule has 0 radical (unpaired) electrons. The second-order valence-corrected chi connectivity index (χ2v) is 6.24. The van der Waals surface area contributed by atoms with Crippen LogP contribution in [0.25, 0.3) is 0 Å². The lowest BCUT2D eigenvalue weighted by Gasteiger charge is -2.20. The predicted octanol–water partition coefficient (Wildman–Crippen LogP) is 2.17. The minimum Gasteiger partial charge on any atom is -0.435 e. The van der Waals surface area contributed by atoms with E-state index in [1.165, 1.54) is 17.0 Å². The highest BCUT2D eigenvalue weighted by Gasteiger charge is 2.16. The lowest BCUT2D eigenvalue weighted by Crippen LogP contribution is -2.41. The van der Waals surface area contributed by atoms with Crippen LogP contribution in [0.1, 0.15) is 17.2 Å². The Labute approximate surface area is 162 Å². The van der Waals surface area contributed by atoms with Crippen molar-refractivity contribution in [2.45, 2.75) is 12.7 Å². The molecule has 2 aromatic rings. The standard InChI is InChI=1S/C20H23F2N3O3/c1-25(2)18(27)13-23-17(26)12-24-19(14-6-4-3-5-7-14)15-8-10-16(11-9-15)28-20(21)22/h3-11,19-20,24H,12-13H2,1-2H3,(H,23,26)/t19-/m0/s1. The van der Waals surface area contributed by atoms with Crippen LogP contribution in [0.3, 0.4) is 0 Å². The quantitative estimate of drug-likeness (QED) is 0.687. The Kier molecular flexibility index (Phi) is 7.88. The van der Waals surface area contributed by atoms with Crippen molar-refractivity contribution in [2.24, 2.45) is 0 Å². The molecule has 0 bridgehead atoms. The van der Waals surface area contributed by atoms with Crippen molar-refractivity contribution in [3.8, 4) is 5.75 Å². The van der Waals surface area contributed by atoms with Crippen molar-refractivity contribution in [2.75, 3.05) is 27.2 Å². The summed E-state index contributed by atoms with van der Waals surface area (Å²) in [5.74, 6) is -0.470. The largest absolute Gasteiger partial charge is 0.435 e. The second-order valence-electron chi connectivity index (χ2n) is 6.24. The van der Waals surface area contributed by atoms with E-state index in [0.717, 1.165) is 11.1 Å². The van der Waals surface area contributed by atoms with E-state index in [1.807, 2.05) is 30.3 Å². The summed E-state index contributed by atoms with van der Waals surface area (Å²) in [7, 11) is 3.22. The average Bonchev–Trinajstić information content (AvgIpc) is 2.67. The molecule has 0 unspecified atom stereocenters. The first-order chi connectivity index (χ1) is 13.4. The molecule has 2 rings (SSSR count). The molecular formula is C20H23F2N3O3. The van der Waals surface area contributed by atoms with E-state index in [4.69, 9.17) is 0 Å². The molecule has 0 aliphatic heterocycles. The highest BCUT2D eigenvalue weighted by atomic mass is 19.3. The van der Waals surface area contributed by atoms with E-state index in [-0.39, 0.29) is 36.7 Å². The van der Waals surface area contributed by atoms with Gasteiger partial charge in [-0.25, -0.2) is 0 Å². The minimum absolute atomic E-state index is 0.0183.